The smallest absolute Gasteiger partial charge is 0.329 e. The largest absolute Gasteiger partial charge is 0.490 e. The predicted octanol–water partition coefficient (Wildman–Crippen LogP) is 3.86. The number of carbonyl (C=O) groups is 3. The van der Waals surface area contributed by atoms with Crippen LogP contribution in [0.25, 0.3) is 0 Å². The van der Waals surface area contributed by atoms with Gasteiger partial charge in [0.25, 0.3) is 5.91 Å². The first-order valence-corrected chi connectivity index (χ1v) is 13.1. The second kappa shape index (κ2) is 15.7. The van der Waals surface area contributed by atoms with E-state index in [1.165, 1.54) is 6.21 Å². The Bertz CT molecular complexity index is 1150. The Morgan fingerprint density at radius 3 is 2.50 bits per heavy atom. The standard InChI is InChI=1S/C27H35BrN4O6/c1-6-36-23-14-20(15-30-32-27(35)26(34)29-10-7-11-37-17(2)3)13-22(28)25(23)38-16-24(33)31-21-9-8-18(4)19(5)12-21/h8-9,12-15,17H,6-7,10-11,16H2,1-5H3,(H,29,34)(H,31,33)(H,32,35)/b30-15-. The molecule has 3 N–H and O–H groups in total. The highest BCUT2D eigenvalue weighted by Crippen LogP contribution is 2.36. The summed E-state index contributed by atoms with van der Waals surface area (Å²) >= 11 is 3.44. The third kappa shape index (κ3) is 10.5. The third-order valence-corrected chi connectivity index (χ3v) is 5.70. The lowest BCUT2D eigenvalue weighted by atomic mass is 10.1. The summed E-state index contributed by atoms with van der Waals surface area (Å²) in [6, 6.07) is 9.00. The monoisotopic (exact) mass is 590 g/mol. The average Bonchev–Trinajstić information content (AvgIpc) is 2.85. The fraction of sp³-hybridized carbons (Fsp3) is 0.407. The van der Waals surface area contributed by atoms with Crippen molar-refractivity contribution < 1.29 is 28.6 Å². The number of nitrogens with one attached hydrogen (secondary N) is 3. The summed E-state index contributed by atoms with van der Waals surface area (Å²) < 4.78 is 17.3. The molecule has 0 saturated heterocycles. The molecule has 0 aromatic heterocycles. The molecule has 0 saturated carbocycles. The number of aryl methyl sites for hydroxylation is 2. The molecule has 11 heteroatoms. The van der Waals surface area contributed by atoms with Gasteiger partial charge in [0.1, 0.15) is 0 Å². The van der Waals surface area contributed by atoms with Crippen LogP contribution in [0.2, 0.25) is 0 Å². The summed E-state index contributed by atoms with van der Waals surface area (Å²) in [5.74, 6) is -1.25. The molecule has 2 rings (SSSR count). The zero-order valence-corrected chi connectivity index (χ0v) is 23.9. The molecule has 0 spiro atoms. The predicted molar refractivity (Wildman–Crippen MR) is 150 cm³/mol. The van der Waals surface area contributed by atoms with Crippen LogP contribution in [0.15, 0.2) is 39.9 Å². The molecule has 0 heterocycles. The van der Waals surface area contributed by atoms with Crippen LogP contribution < -0.4 is 25.5 Å². The molecule has 0 unspecified atom stereocenters. The quantitative estimate of drug-likeness (QED) is 0.141. The normalized spacial score (nSPS) is 10.9. The maximum Gasteiger partial charge on any atom is 0.329 e. The summed E-state index contributed by atoms with van der Waals surface area (Å²) in [4.78, 5) is 36.3. The van der Waals surface area contributed by atoms with Gasteiger partial charge in [0.15, 0.2) is 18.1 Å². The summed E-state index contributed by atoms with van der Waals surface area (Å²) in [7, 11) is 0. The minimum atomic E-state index is -0.884. The molecule has 0 radical (unpaired) electrons. The van der Waals surface area contributed by atoms with Gasteiger partial charge in [-0.1, -0.05) is 6.07 Å². The van der Waals surface area contributed by atoms with Gasteiger partial charge in [0.2, 0.25) is 0 Å². The van der Waals surface area contributed by atoms with Crippen molar-refractivity contribution in [2.24, 2.45) is 5.10 Å². The maximum atomic E-state index is 12.4. The maximum absolute atomic E-state index is 12.4. The first-order chi connectivity index (χ1) is 18.1. The van der Waals surface area contributed by atoms with Crippen LogP contribution in [0.5, 0.6) is 11.5 Å². The van der Waals surface area contributed by atoms with Gasteiger partial charge in [-0.3, -0.25) is 14.4 Å². The third-order valence-electron chi connectivity index (χ3n) is 5.11. The van der Waals surface area contributed by atoms with E-state index in [4.69, 9.17) is 14.2 Å². The van der Waals surface area contributed by atoms with E-state index >= 15 is 0 Å². The molecule has 0 fully saturated rings. The van der Waals surface area contributed by atoms with E-state index in [9.17, 15) is 14.4 Å². The van der Waals surface area contributed by atoms with Crippen molar-refractivity contribution in [2.75, 3.05) is 31.7 Å². The van der Waals surface area contributed by atoms with Gasteiger partial charge in [-0.2, -0.15) is 5.10 Å². The minimum absolute atomic E-state index is 0.111. The topological polar surface area (TPSA) is 127 Å². The molecule has 206 valence electrons. The summed E-state index contributed by atoms with van der Waals surface area (Å²) in [5, 5.41) is 9.17. The highest BCUT2D eigenvalue weighted by atomic mass is 79.9. The number of hydrogen-bond acceptors (Lipinski definition) is 7. The van der Waals surface area contributed by atoms with Gasteiger partial charge >= 0.3 is 11.8 Å². The lowest BCUT2D eigenvalue weighted by Gasteiger charge is -2.15. The van der Waals surface area contributed by atoms with Crippen LogP contribution >= 0.6 is 15.9 Å². The number of benzene rings is 2. The molecular formula is C27H35BrN4O6. The first-order valence-electron chi connectivity index (χ1n) is 12.3. The van der Waals surface area contributed by atoms with Crippen molar-refractivity contribution in [3.8, 4) is 11.5 Å². The molecule has 0 aliphatic carbocycles. The van der Waals surface area contributed by atoms with Crippen molar-refractivity contribution in [1.29, 1.82) is 0 Å². The first kappa shape index (κ1) is 30.8. The second-order valence-electron chi connectivity index (χ2n) is 8.63. The average molecular weight is 592 g/mol. The Kier molecular flexibility index (Phi) is 12.7. The van der Waals surface area contributed by atoms with E-state index < -0.39 is 11.8 Å². The van der Waals surface area contributed by atoms with Crippen LogP contribution in [0, 0.1) is 13.8 Å². The minimum Gasteiger partial charge on any atom is -0.490 e. The van der Waals surface area contributed by atoms with Crippen molar-refractivity contribution in [3.05, 3.63) is 51.5 Å². The van der Waals surface area contributed by atoms with E-state index in [1.807, 2.05) is 52.8 Å². The van der Waals surface area contributed by atoms with Gasteiger partial charge in [-0.05, 0) is 97.9 Å². The summed E-state index contributed by atoms with van der Waals surface area (Å²) in [6.07, 6.45) is 2.07. The molecule has 0 aliphatic heterocycles. The highest BCUT2D eigenvalue weighted by molar-refractivity contribution is 9.10. The zero-order valence-electron chi connectivity index (χ0n) is 22.4. The molecule has 0 aliphatic rings. The lowest BCUT2D eigenvalue weighted by molar-refractivity contribution is -0.139. The molecule has 3 amide bonds. The Hall–Kier alpha value is -3.44. The van der Waals surface area contributed by atoms with Crippen molar-refractivity contribution in [1.82, 2.24) is 10.7 Å². The van der Waals surface area contributed by atoms with Gasteiger partial charge in [0.05, 0.1) is 23.4 Å². The van der Waals surface area contributed by atoms with E-state index in [0.29, 0.717) is 53.4 Å². The van der Waals surface area contributed by atoms with E-state index in [-0.39, 0.29) is 18.6 Å². The van der Waals surface area contributed by atoms with Crippen LogP contribution in [0.1, 0.15) is 43.9 Å². The van der Waals surface area contributed by atoms with E-state index in [0.717, 1.165) is 11.1 Å². The number of hydrazone groups is 1. The Balaban J connectivity index is 1.94. The van der Waals surface area contributed by atoms with Crippen LogP contribution in [-0.2, 0) is 19.1 Å². The molecule has 2 aromatic rings. The van der Waals surface area contributed by atoms with Crippen LogP contribution in [0.4, 0.5) is 5.69 Å². The lowest BCUT2D eigenvalue weighted by Crippen LogP contribution is -2.38. The van der Waals surface area contributed by atoms with Gasteiger partial charge in [-0.15, -0.1) is 0 Å². The number of amides is 3. The number of carbonyl (C=O) groups excluding carboxylic acids is 3. The van der Waals surface area contributed by atoms with Crippen molar-refractivity contribution >= 4 is 45.6 Å². The number of ether oxygens (including phenoxy) is 3. The number of rotatable bonds is 13. The fourth-order valence-electron chi connectivity index (χ4n) is 3.11. The van der Waals surface area contributed by atoms with Gasteiger partial charge < -0.3 is 24.8 Å². The Labute approximate surface area is 231 Å². The van der Waals surface area contributed by atoms with Crippen molar-refractivity contribution in [2.45, 2.75) is 47.1 Å². The van der Waals surface area contributed by atoms with E-state index in [1.54, 1.807) is 12.1 Å². The molecule has 0 atom stereocenters. The summed E-state index contributed by atoms with van der Waals surface area (Å²) in [5.41, 5.74) is 5.66. The zero-order chi connectivity index (χ0) is 28.1. The Morgan fingerprint density at radius 1 is 1.05 bits per heavy atom. The molecule has 2 aromatic carbocycles. The van der Waals surface area contributed by atoms with Crippen LogP contribution in [-0.4, -0.2) is 56.4 Å². The molecule has 0 bridgehead atoms. The van der Waals surface area contributed by atoms with Gasteiger partial charge in [0, 0.05) is 18.8 Å². The molecule has 10 nitrogen and oxygen atoms in total. The summed E-state index contributed by atoms with van der Waals surface area (Å²) in [6.45, 7) is 10.6. The number of hydrogen-bond donors (Lipinski definition) is 3. The Morgan fingerprint density at radius 2 is 1.82 bits per heavy atom. The second-order valence-corrected chi connectivity index (χ2v) is 9.48. The number of anilines is 1. The fourth-order valence-corrected chi connectivity index (χ4v) is 3.68. The SMILES string of the molecule is CCOc1cc(/C=N\NC(=O)C(=O)NCCCOC(C)C)cc(Br)c1OCC(=O)Nc1ccc(C)c(C)c1. The van der Waals surface area contributed by atoms with E-state index in [2.05, 4.69) is 37.1 Å². The van der Waals surface area contributed by atoms with Gasteiger partial charge in [-0.25, -0.2) is 5.43 Å². The van der Waals surface area contributed by atoms with Crippen LogP contribution in [0.3, 0.4) is 0 Å². The number of nitrogens with zero attached hydrogens (tertiary/aromatic N) is 1. The molecule has 38 heavy (non-hydrogen) atoms. The molecular weight excluding hydrogens is 556 g/mol. The highest BCUT2D eigenvalue weighted by Gasteiger charge is 2.15. The number of halogens is 1. The van der Waals surface area contributed by atoms with Crippen molar-refractivity contribution in [3.63, 3.8) is 0 Å².